The van der Waals surface area contributed by atoms with Crippen LogP contribution in [0.3, 0.4) is 0 Å². The van der Waals surface area contributed by atoms with E-state index in [-0.39, 0.29) is 12.5 Å². The van der Waals surface area contributed by atoms with E-state index in [9.17, 15) is 9.90 Å². The molecule has 1 N–H and O–H groups in total. The summed E-state index contributed by atoms with van der Waals surface area (Å²) in [5.74, 6) is 0.430. The van der Waals surface area contributed by atoms with Crippen LogP contribution in [-0.4, -0.2) is 67.9 Å². The van der Waals surface area contributed by atoms with Crippen LogP contribution in [0.15, 0.2) is 30.7 Å². The lowest BCUT2D eigenvalue weighted by atomic mass is 9.92. The molecule has 26 heavy (non-hydrogen) atoms. The number of anilines is 1. The van der Waals surface area contributed by atoms with Crippen molar-refractivity contribution in [2.24, 2.45) is 0 Å². The zero-order valence-electron chi connectivity index (χ0n) is 15.4. The Bertz CT molecular complexity index is 734. The van der Waals surface area contributed by atoms with Crippen molar-refractivity contribution in [3.05, 3.63) is 36.4 Å². The Balaban J connectivity index is 1.65. The Morgan fingerprint density at radius 1 is 1.38 bits per heavy atom. The average Bonchev–Trinajstić information content (AvgIpc) is 3.10. The lowest BCUT2D eigenvalue weighted by molar-refractivity contribution is -0.000460. The zero-order chi connectivity index (χ0) is 18.6. The van der Waals surface area contributed by atoms with Gasteiger partial charge in [0.05, 0.1) is 18.7 Å². The standard InChI is InChI=1S/C18H26N6O2/c1-3-10-24-12-6-15(21-24)16(25)22(2)13-18(26)7-4-11-23(14-18)17-19-8-5-9-20-17/h5-6,8-9,12,26H,3-4,7,10-11,13-14H2,1-2H3/t18-/m1/s1. The molecular formula is C18H26N6O2. The highest BCUT2D eigenvalue weighted by Gasteiger charge is 2.36. The fourth-order valence-electron chi connectivity index (χ4n) is 3.40. The van der Waals surface area contributed by atoms with E-state index in [4.69, 9.17) is 0 Å². The summed E-state index contributed by atoms with van der Waals surface area (Å²) in [7, 11) is 1.71. The third-order valence-electron chi connectivity index (χ3n) is 4.58. The lowest BCUT2D eigenvalue weighted by Crippen LogP contribution is -2.55. The van der Waals surface area contributed by atoms with E-state index in [0.29, 0.717) is 24.6 Å². The van der Waals surface area contributed by atoms with Gasteiger partial charge >= 0.3 is 0 Å². The van der Waals surface area contributed by atoms with Crippen molar-refractivity contribution in [3.63, 3.8) is 0 Å². The van der Waals surface area contributed by atoms with Gasteiger partial charge < -0.3 is 14.9 Å². The van der Waals surface area contributed by atoms with Gasteiger partial charge in [-0.3, -0.25) is 9.48 Å². The fourth-order valence-corrected chi connectivity index (χ4v) is 3.40. The van der Waals surface area contributed by atoms with Gasteiger partial charge in [0.15, 0.2) is 0 Å². The second-order valence-electron chi connectivity index (χ2n) is 6.92. The molecule has 1 amide bonds. The SMILES string of the molecule is CCCn1ccc(C(=O)N(C)C[C@]2(O)CCCN(c3ncccn3)C2)n1. The zero-order valence-corrected chi connectivity index (χ0v) is 15.4. The Morgan fingerprint density at radius 3 is 2.88 bits per heavy atom. The Labute approximate surface area is 153 Å². The molecule has 0 radical (unpaired) electrons. The van der Waals surface area contributed by atoms with Crippen molar-refractivity contribution in [1.82, 2.24) is 24.6 Å². The molecule has 1 fully saturated rings. The van der Waals surface area contributed by atoms with E-state index >= 15 is 0 Å². The summed E-state index contributed by atoms with van der Waals surface area (Å²) in [6.45, 7) is 4.29. The van der Waals surface area contributed by atoms with Gasteiger partial charge in [-0.15, -0.1) is 0 Å². The maximum Gasteiger partial charge on any atom is 0.274 e. The molecule has 0 aliphatic carbocycles. The molecule has 1 aliphatic heterocycles. The molecule has 0 spiro atoms. The van der Waals surface area contributed by atoms with Gasteiger partial charge in [-0.2, -0.15) is 5.10 Å². The van der Waals surface area contributed by atoms with Crippen molar-refractivity contribution >= 4 is 11.9 Å². The van der Waals surface area contributed by atoms with E-state index in [0.717, 1.165) is 25.9 Å². The Morgan fingerprint density at radius 2 is 2.15 bits per heavy atom. The van der Waals surface area contributed by atoms with Crippen molar-refractivity contribution < 1.29 is 9.90 Å². The number of carbonyl (C=O) groups excluding carboxylic acids is 1. The minimum Gasteiger partial charge on any atom is -0.386 e. The van der Waals surface area contributed by atoms with Crippen LogP contribution < -0.4 is 4.90 Å². The van der Waals surface area contributed by atoms with Crippen LogP contribution in [0.25, 0.3) is 0 Å². The first kappa shape index (κ1) is 18.3. The fraction of sp³-hybridized carbons (Fsp3) is 0.556. The number of aromatic nitrogens is 4. The maximum absolute atomic E-state index is 12.6. The minimum absolute atomic E-state index is 0.179. The van der Waals surface area contributed by atoms with E-state index in [1.807, 2.05) is 11.1 Å². The molecule has 1 aliphatic rings. The molecule has 3 heterocycles. The van der Waals surface area contributed by atoms with E-state index in [1.54, 1.807) is 41.2 Å². The highest BCUT2D eigenvalue weighted by molar-refractivity contribution is 5.92. The summed E-state index contributed by atoms with van der Waals surface area (Å²) < 4.78 is 1.77. The Hall–Kier alpha value is -2.48. The van der Waals surface area contributed by atoms with E-state index in [2.05, 4.69) is 22.0 Å². The second-order valence-corrected chi connectivity index (χ2v) is 6.92. The number of likely N-dealkylation sites (N-methyl/N-ethyl adjacent to an activating group) is 1. The number of piperidine rings is 1. The summed E-state index contributed by atoms with van der Waals surface area (Å²) in [5, 5.41) is 15.4. The van der Waals surface area contributed by atoms with Crippen molar-refractivity contribution in [1.29, 1.82) is 0 Å². The van der Waals surface area contributed by atoms with Gasteiger partial charge in [0.1, 0.15) is 5.69 Å². The number of hydrogen-bond donors (Lipinski definition) is 1. The third-order valence-corrected chi connectivity index (χ3v) is 4.58. The van der Waals surface area contributed by atoms with Gasteiger partial charge in [0.2, 0.25) is 5.95 Å². The molecule has 8 nitrogen and oxygen atoms in total. The highest BCUT2D eigenvalue weighted by Crippen LogP contribution is 2.24. The molecule has 2 aromatic heterocycles. The molecule has 2 aromatic rings. The molecule has 0 bridgehead atoms. The number of aryl methyl sites for hydroxylation is 1. The molecular weight excluding hydrogens is 332 g/mol. The second kappa shape index (κ2) is 7.82. The summed E-state index contributed by atoms with van der Waals surface area (Å²) in [5.41, 5.74) is -0.586. The van der Waals surface area contributed by atoms with E-state index < -0.39 is 5.60 Å². The molecule has 1 atom stereocenters. The van der Waals surface area contributed by atoms with Gasteiger partial charge in [-0.05, 0) is 31.4 Å². The van der Waals surface area contributed by atoms with Crippen LogP contribution >= 0.6 is 0 Å². The van der Waals surface area contributed by atoms with Gasteiger partial charge in [-0.1, -0.05) is 6.92 Å². The monoisotopic (exact) mass is 358 g/mol. The largest absolute Gasteiger partial charge is 0.386 e. The first-order valence-electron chi connectivity index (χ1n) is 9.04. The molecule has 140 valence electrons. The number of amides is 1. The van der Waals surface area contributed by atoms with Crippen LogP contribution in [-0.2, 0) is 6.54 Å². The maximum atomic E-state index is 12.6. The quantitative estimate of drug-likeness (QED) is 0.834. The molecule has 0 unspecified atom stereocenters. The van der Waals surface area contributed by atoms with Crippen LogP contribution in [0, 0.1) is 0 Å². The molecule has 0 saturated carbocycles. The summed E-state index contributed by atoms with van der Waals surface area (Å²) in [6.07, 6.45) is 7.62. The van der Waals surface area contributed by atoms with Crippen molar-refractivity contribution in [3.8, 4) is 0 Å². The van der Waals surface area contributed by atoms with Crippen molar-refractivity contribution in [2.75, 3.05) is 31.6 Å². The predicted octanol–water partition coefficient (Wildman–Crippen LogP) is 1.19. The number of β-amino-alcohol motifs (C(OH)–C–C–N with tert-alkyl or cyclic N) is 1. The topological polar surface area (TPSA) is 87.4 Å². The van der Waals surface area contributed by atoms with Crippen molar-refractivity contribution in [2.45, 2.75) is 38.3 Å². The summed E-state index contributed by atoms with van der Waals surface area (Å²) in [6, 6.07) is 3.49. The lowest BCUT2D eigenvalue weighted by Gasteiger charge is -2.41. The number of rotatable bonds is 6. The van der Waals surface area contributed by atoms with Gasteiger partial charge in [0, 0.05) is 38.7 Å². The molecule has 1 saturated heterocycles. The summed E-state index contributed by atoms with van der Waals surface area (Å²) >= 11 is 0. The van der Waals surface area contributed by atoms with Crippen LogP contribution in [0.1, 0.15) is 36.7 Å². The van der Waals surface area contributed by atoms with Crippen LogP contribution in [0.4, 0.5) is 5.95 Å². The van der Waals surface area contributed by atoms with E-state index in [1.165, 1.54) is 0 Å². The normalized spacial score (nSPS) is 20.2. The Kier molecular flexibility index (Phi) is 5.51. The first-order chi connectivity index (χ1) is 12.5. The smallest absolute Gasteiger partial charge is 0.274 e. The number of carbonyl (C=O) groups is 1. The van der Waals surface area contributed by atoms with Crippen LogP contribution in [0.5, 0.6) is 0 Å². The molecule has 8 heteroatoms. The summed E-state index contributed by atoms with van der Waals surface area (Å²) in [4.78, 5) is 24.7. The molecule has 3 rings (SSSR count). The predicted molar refractivity (Wildman–Crippen MR) is 97.9 cm³/mol. The first-order valence-corrected chi connectivity index (χ1v) is 9.04. The highest BCUT2D eigenvalue weighted by atomic mass is 16.3. The van der Waals surface area contributed by atoms with Crippen LogP contribution in [0.2, 0.25) is 0 Å². The molecule has 0 aromatic carbocycles. The average molecular weight is 358 g/mol. The van der Waals surface area contributed by atoms with Gasteiger partial charge in [-0.25, -0.2) is 9.97 Å². The third kappa shape index (κ3) is 4.19. The number of nitrogens with zero attached hydrogens (tertiary/aromatic N) is 6. The minimum atomic E-state index is -0.992. The number of aliphatic hydroxyl groups is 1. The number of hydrogen-bond acceptors (Lipinski definition) is 6. The van der Waals surface area contributed by atoms with Gasteiger partial charge in [0.25, 0.3) is 5.91 Å².